The van der Waals surface area contributed by atoms with E-state index in [9.17, 15) is 4.79 Å². The van der Waals surface area contributed by atoms with Gasteiger partial charge < -0.3 is 4.90 Å². The van der Waals surface area contributed by atoms with Crippen molar-refractivity contribution in [3.8, 4) is 0 Å². The number of thiazole rings is 1. The van der Waals surface area contributed by atoms with Crippen LogP contribution in [0.3, 0.4) is 0 Å². The van der Waals surface area contributed by atoms with Gasteiger partial charge in [-0.2, -0.15) is 0 Å². The van der Waals surface area contributed by atoms with Crippen molar-refractivity contribution >= 4 is 33.2 Å². The normalized spacial score (nSPS) is 10.5. The number of hydrogen-bond donors (Lipinski definition) is 0. The molecule has 0 aliphatic carbocycles. The van der Waals surface area contributed by atoms with Crippen LogP contribution in [0.5, 0.6) is 0 Å². The second kappa shape index (κ2) is 5.84. The quantitative estimate of drug-likeness (QED) is 0.852. The number of carbonyl (C=O) groups is 1. The fourth-order valence-electron chi connectivity index (χ4n) is 1.83. The van der Waals surface area contributed by atoms with Crippen LogP contribution in [0.4, 0.5) is 0 Å². The van der Waals surface area contributed by atoms with Gasteiger partial charge in [0.05, 0.1) is 17.2 Å². The first-order valence-corrected chi connectivity index (χ1v) is 7.57. The van der Waals surface area contributed by atoms with E-state index in [4.69, 9.17) is 0 Å². The van der Waals surface area contributed by atoms with E-state index < -0.39 is 0 Å². The van der Waals surface area contributed by atoms with E-state index in [-0.39, 0.29) is 5.91 Å². The van der Waals surface area contributed by atoms with Crippen LogP contribution in [-0.4, -0.2) is 22.8 Å². The Morgan fingerprint density at radius 3 is 2.79 bits per heavy atom. The first-order chi connectivity index (χ1) is 8.97. The van der Waals surface area contributed by atoms with Crippen molar-refractivity contribution < 1.29 is 4.79 Å². The van der Waals surface area contributed by atoms with Crippen LogP contribution in [0.2, 0.25) is 0 Å². The van der Waals surface area contributed by atoms with E-state index in [0.29, 0.717) is 6.54 Å². The van der Waals surface area contributed by atoms with Gasteiger partial charge in [-0.3, -0.25) is 4.79 Å². The number of aromatic nitrogens is 1. The molecule has 2 rings (SSSR count). The molecule has 0 saturated heterocycles. The minimum atomic E-state index is 0.0180. The monoisotopic (exact) mass is 338 g/mol. The molecule has 2 aromatic rings. The van der Waals surface area contributed by atoms with E-state index in [0.717, 1.165) is 26.3 Å². The Balaban J connectivity index is 2.16. The van der Waals surface area contributed by atoms with Gasteiger partial charge in [-0.1, -0.05) is 22.0 Å². The molecule has 19 heavy (non-hydrogen) atoms. The average Bonchev–Trinajstić information content (AvgIpc) is 2.77. The lowest BCUT2D eigenvalue weighted by molar-refractivity contribution is 0.0783. The molecule has 0 fully saturated rings. The van der Waals surface area contributed by atoms with Crippen molar-refractivity contribution in [3.05, 3.63) is 49.9 Å². The van der Waals surface area contributed by atoms with Crippen LogP contribution in [0.15, 0.2) is 28.1 Å². The summed E-state index contributed by atoms with van der Waals surface area (Å²) >= 11 is 5.01. The zero-order valence-corrected chi connectivity index (χ0v) is 13.5. The molecule has 1 amide bonds. The number of aryl methyl sites for hydroxylation is 2. The summed E-state index contributed by atoms with van der Waals surface area (Å²) in [5.74, 6) is 0.0180. The van der Waals surface area contributed by atoms with Crippen molar-refractivity contribution in [2.24, 2.45) is 0 Å². The smallest absolute Gasteiger partial charge is 0.254 e. The summed E-state index contributed by atoms with van der Waals surface area (Å²) in [5.41, 5.74) is 2.64. The molecular formula is C14H15BrN2OS. The van der Waals surface area contributed by atoms with Crippen LogP contribution in [0.25, 0.3) is 0 Å². The fraction of sp³-hybridized carbons (Fsp3) is 0.286. The standard InChI is InChI=1S/C14H15BrN2OS/c1-9-4-5-11(15)6-13(9)14(18)17(3)7-12-8-19-10(2)16-12/h4-6,8H,7H2,1-3H3. The molecular weight excluding hydrogens is 324 g/mol. The largest absolute Gasteiger partial charge is 0.336 e. The van der Waals surface area contributed by atoms with Gasteiger partial charge in [0.2, 0.25) is 0 Å². The zero-order valence-electron chi connectivity index (χ0n) is 11.1. The van der Waals surface area contributed by atoms with Gasteiger partial charge in [0.15, 0.2) is 0 Å². The molecule has 0 radical (unpaired) electrons. The Kier molecular flexibility index (Phi) is 4.37. The van der Waals surface area contributed by atoms with Crippen LogP contribution in [0, 0.1) is 13.8 Å². The fourth-order valence-corrected chi connectivity index (χ4v) is 2.79. The highest BCUT2D eigenvalue weighted by molar-refractivity contribution is 9.10. The molecule has 0 aliphatic rings. The van der Waals surface area contributed by atoms with E-state index in [1.165, 1.54) is 0 Å². The van der Waals surface area contributed by atoms with E-state index >= 15 is 0 Å². The zero-order chi connectivity index (χ0) is 14.0. The lowest BCUT2D eigenvalue weighted by Crippen LogP contribution is -2.27. The van der Waals surface area contributed by atoms with Gasteiger partial charge in [0.25, 0.3) is 5.91 Å². The molecule has 0 bridgehead atoms. The van der Waals surface area contributed by atoms with Crippen molar-refractivity contribution in [1.29, 1.82) is 0 Å². The number of halogens is 1. The Bertz CT molecular complexity index is 609. The van der Waals surface area contributed by atoms with Gasteiger partial charge in [-0.05, 0) is 31.5 Å². The molecule has 0 atom stereocenters. The van der Waals surface area contributed by atoms with Gasteiger partial charge in [0, 0.05) is 22.5 Å². The molecule has 3 nitrogen and oxygen atoms in total. The van der Waals surface area contributed by atoms with E-state index in [2.05, 4.69) is 20.9 Å². The molecule has 1 aromatic carbocycles. The molecule has 1 aromatic heterocycles. The average molecular weight is 339 g/mol. The van der Waals surface area contributed by atoms with Gasteiger partial charge in [0.1, 0.15) is 0 Å². The van der Waals surface area contributed by atoms with Gasteiger partial charge >= 0.3 is 0 Å². The summed E-state index contributed by atoms with van der Waals surface area (Å²) in [4.78, 5) is 18.5. The highest BCUT2D eigenvalue weighted by atomic mass is 79.9. The van der Waals surface area contributed by atoms with Gasteiger partial charge in [-0.15, -0.1) is 11.3 Å². The van der Waals surface area contributed by atoms with Crippen molar-refractivity contribution in [3.63, 3.8) is 0 Å². The third-order valence-electron chi connectivity index (χ3n) is 2.84. The number of benzene rings is 1. The highest BCUT2D eigenvalue weighted by Crippen LogP contribution is 2.18. The summed E-state index contributed by atoms with van der Waals surface area (Å²) < 4.78 is 0.916. The van der Waals surface area contributed by atoms with Crippen LogP contribution in [-0.2, 0) is 6.54 Å². The number of nitrogens with zero attached hydrogens (tertiary/aromatic N) is 2. The summed E-state index contributed by atoms with van der Waals surface area (Å²) in [5, 5.41) is 3.02. The Morgan fingerprint density at radius 1 is 1.42 bits per heavy atom. The molecule has 0 saturated carbocycles. The Morgan fingerprint density at radius 2 is 2.16 bits per heavy atom. The maximum Gasteiger partial charge on any atom is 0.254 e. The summed E-state index contributed by atoms with van der Waals surface area (Å²) in [6, 6.07) is 5.74. The molecule has 100 valence electrons. The molecule has 0 aliphatic heterocycles. The minimum Gasteiger partial charge on any atom is -0.336 e. The molecule has 5 heteroatoms. The predicted molar refractivity (Wildman–Crippen MR) is 81.5 cm³/mol. The topological polar surface area (TPSA) is 33.2 Å². The van der Waals surface area contributed by atoms with Crippen LogP contribution in [0.1, 0.15) is 26.6 Å². The predicted octanol–water partition coefficient (Wildman–Crippen LogP) is 3.79. The first-order valence-electron chi connectivity index (χ1n) is 5.90. The van der Waals surface area contributed by atoms with E-state index in [1.54, 1.807) is 23.3 Å². The number of amides is 1. The third-order valence-corrected chi connectivity index (χ3v) is 4.16. The van der Waals surface area contributed by atoms with E-state index in [1.807, 2.05) is 37.4 Å². The van der Waals surface area contributed by atoms with Crippen molar-refractivity contribution in [2.75, 3.05) is 7.05 Å². The van der Waals surface area contributed by atoms with Crippen molar-refractivity contribution in [1.82, 2.24) is 9.88 Å². The second-order valence-electron chi connectivity index (χ2n) is 4.48. The minimum absolute atomic E-state index is 0.0180. The molecule has 1 heterocycles. The number of hydrogen-bond acceptors (Lipinski definition) is 3. The first kappa shape index (κ1) is 14.2. The van der Waals surface area contributed by atoms with Crippen molar-refractivity contribution in [2.45, 2.75) is 20.4 Å². The second-order valence-corrected chi connectivity index (χ2v) is 6.46. The maximum absolute atomic E-state index is 12.4. The SMILES string of the molecule is Cc1nc(CN(C)C(=O)c2cc(Br)ccc2C)cs1. The van der Waals surface area contributed by atoms with Crippen LogP contribution >= 0.6 is 27.3 Å². The number of carbonyl (C=O) groups excluding carboxylic acids is 1. The molecule has 0 N–H and O–H groups in total. The Hall–Kier alpha value is -1.20. The Labute approximate surface area is 125 Å². The summed E-state index contributed by atoms with van der Waals surface area (Å²) in [7, 11) is 1.80. The molecule has 0 unspecified atom stereocenters. The molecule has 0 spiro atoms. The lowest BCUT2D eigenvalue weighted by atomic mass is 10.1. The van der Waals surface area contributed by atoms with Gasteiger partial charge in [-0.25, -0.2) is 4.98 Å². The number of rotatable bonds is 3. The highest BCUT2D eigenvalue weighted by Gasteiger charge is 2.15. The third kappa shape index (κ3) is 3.42. The summed E-state index contributed by atoms with van der Waals surface area (Å²) in [6.45, 7) is 4.45. The van der Waals surface area contributed by atoms with Crippen LogP contribution < -0.4 is 0 Å². The maximum atomic E-state index is 12.4. The summed E-state index contributed by atoms with van der Waals surface area (Å²) in [6.07, 6.45) is 0. The lowest BCUT2D eigenvalue weighted by Gasteiger charge is -2.17.